The zero-order valence-corrected chi connectivity index (χ0v) is 14.6. The second-order valence-electron chi connectivity index (χ2n) is 6.48. The van der Waals surface area contributed by atoms with E-state index in [9.17, 15) is 4.79 Å². The molecule has 0 aliphatic carbocycles. The summed E-state index contributed by atoms with van der Waals surface area (Å²) in [6.45, 7) is 4.12. The average Bonchev–Trinajstić information content (AvgIpc) is 3.11. The molecule has 26 heavy (non-hydrogen) atoms. The van der Waals surface area contributed by atoms with Crippen LogP contribution in [0.4, 0.5) is 0 Å². The summed E-state index contributed by atoms with van der Waals surface area (Å²) in [5.41, 5.74) is 4.42. The van der Waals surface area contributed by atoms with Crippen LogP contribution in [-0.2, 0) is 0 Å². The van der Waals surface area contributed by atoms with Crippen LogP contribution in [0.15, 0.2) is 60.8 Å². The van der Waals surface area contributed by atoms with Crippen LogP contribution in [0.5, 0.6) is 0 Å². The molecule has 2 heterocycles. The Kier molecular flexibility index (Phi) is 4.05. The third-order valence-corrected chi connectivity index (χ3v) is 4.27. The SMILES string of the molecule is CC(C)c1nc2nc(-c3ccc(C=O)cc3)c(-c3ccccc3)cn2n1. The molecule has 0 bridgehead atoms. The Bertz CT molecular complexity index is 1070. The van der Waals surface area contributed by atoms with Crippen LogP contribution in [0.1, 0.15) is 35.9 Å². The minimum absolute atomic E-state index is 0.229. The van der Waals surface area contributed by atoms with Gasteiger partial charge in [0.25, 0.3) is 5.78 Å². The number of nitrogens with zero attached hydrogens (tertiary/aromatic N) is 4. The maximum absolute atomic E-state index is 10.9. The molecule has 0 unspecified atom stereocenters. The summed E-state index contributed by atoms with van der Waals surface area (Å²) in [7, 11) is 0. The highest BCUT2D eigenvalue weighted by Gasteiger charge is 2.15. The lowest BCUT2D eigenvalue weighted by Crippen LogP contribution is -1.97. The molecule has 5 heteroatoms. The lowest BCUT2D eigenvalue weighted by atomic mass is 10.0. The van der Waals surface area contributed by atoms with Gasteiger partial charge in [-0.25, -0.2) is 9.50 Å². The first kappa shape index (κ1) is 16.1. The quantitative estimate of drug-likeness (QED) is 0.516. The Morgan fingerprint density at radius 3 is 2.31 bits per heavy atom. The van der Waals surface area contributed by atoms with Crippen molar-refractivity contribution >= 4 is 12.1 Å². The molecule has 4 rings (SSSR count). The van der Waals surface area contributed by atoms with Crippen LogP contribution in [0.3, 0.4) is 0 Å². The standard InChI is InChI=1S/C21H18N4O/c1-14(2)20-23-21-22-19(17-10-8-15(13-26)9-11-17)18(12-25(21)24-20)16-6-4-3-5-7-16/h3-14H,1-2H3. The molecule has 0 radical (unpaired) electrons. The van der Waals surface area contributed by atoms with E-state index in [1.165, 1.54) is 0 Å². The van der Waals surface area contributed by atoms with Crippen molar-refractivity contribution in [3.8, 4) is 22.4 Å². The number of hydrogen-bond acceptors (Lipinski definition) is 4. The lowest BCUT2D eigenvalue weighted by Gasteiger charge is -2.10. The molecule has 0 N–H and O–H groups in total. The Labute approximate surface area is 151 Å². The van der Waals surface area contributed by atoms with Gasteiger partial charge in [0.2, 0.25) is 0 Å². The highest BCUT2D eigenvalue weighted by molar-refractivity contribution is 5.83. The molecular weight excluding hydrogens is 324 g/mol. The van der Waals surface area contributed by atoms with E-state index in [0.29, 0.717) is 11.3 Å². The van der Waals surface area contributed by atoms with Gasteiger partial charge < -0.3 is 0 Å². The fourth-order valence-corrected chi connectivity index (χ4v) is 2.85. The molecule has 0 amide bonds. The largest absolute Gasteiger partial charge is 0.298 e. The molecule has 0 saturated carbocycles. The lowest BCUT2D eigenvalue weighted by molar-refractivity contribution is 0.112. The van der Waals surface area contributed by atoms with Crippen LogP contribution in [0, 0.1) is 0 Å². The zero-order chi connectivity index (χ0) is 18.1. The van der Waals surface area contributed by atoms with Gasteiger partial charge in [0.1, 0.15) is 6.29 Å². The molecular formula is C21H18N4O. The number of carbonyl (C=O) groups excluding carboxylic acids is 1. The number of aldehydes is 1. The van der Waals surface area contributed by atoms with E-state index < -0.39 is 0 Å². The molecule has 0 atom stereocenters. The van der Waals surface area contributed by atoms with E-state index in [4.69, 9.17) is 4.98 Å². The summed E-state index contributed by atoms with van der Waals surface area (Å²) < 4.78 is 1.74. The van der Waals surface area contributed by atoms with Crippen LogP contribution in [0.25, 0.3) is 28.2 Å². The first-order valence-corrected chi connectivity index (χ1v) is 8.54. The smallest absolute Gasteiger partial charge is 0.253 e. The summed E-state index contributed by atoms with van der Waals surface area (Å²) >= 11 is 0. The van der Waals surface area contributed by atoms with E-state index >= 15 is 0 Å². The predicted molar refractivity (Wildman–Crippen MR) is 101 cm³/mol. The fourth-order valence-electron chi connectivity index (χ4n) is 2.85. The number of rotatable bonds is 4. The van der Waals surface area contributed by atoms with Crippen LogP contribution < -0.4 is 0 Å². The minimum Gasteiger partial charge on any atom is -0.298 e. The van der Waals surface area contributed by atoms with Crippen molar-refractivity contribution < 1.29 is 4.79 Å². The van der Waals surface area contributed by atoms with Crippen molar-refractivity contribution in [3.05, 3.63) is 72.2 Å². The maximum Gasteiger partial charge on any atom is 0.253 e. The molecule has 0 aliphatic rings. The van der Waals surface area contributed by atoms with Crippen molar-refractivity contribution in [3.63, 3.8) is 0 Å². The Hall–Kier alpha value is -3.34. The second kappa shape index (κ2) is 6.52. The molecule has 0 spiro atoms. The van der Waals surface area contributed by atoms with Gasteiger partial charge in [0.05, 0.1) is 5.69 Å². The van der Waals surface area contributed by atoms with E-state index in [0.717, 1.165) is 34.5 Å². The molecule has 4 aromatic rings. The number of carbonyl (C=O) groups is 1. The van der Waals surface area contributed by atoms with E-state index in [1.54, 1.807) is 16.6 Å². The number of aromatic nitrogens is 4. The Morgan fingerprint density at radius 2 is 1.65 bits per heavy atom. The topological polar surface area (TPSA) is 60.2 Å². The van der Waals surface area contributed by atoms with Gasteiger partial charge in [-0.15, -0.1) is 5.10 Å². The predicted octanol–water partition coefficient (Wildman–Crippen LogP) is 4.39. The average molecular weight is 342 g/mol. The van der Waals surface area contributed by atoms with Crippen LogP contribution >= 0.6 is 0 Å². The van der Waals surface area contributed by atoms with Gasteiger partial charge in [-0.3, -0.25) is 4.79 Å². The van der Waals surface area contributed by atoms with Gasteiger partial charge in [-0.05, 0) is 5.56 Å². The summed E-state index contributed by atoms with van der Waals surface area (Å²) in [5.74, 6) is 1.57. The third kappa shape index (κ3) is 2.88. The van der Waals surface area contributed by atoms with Crippen LogP contribution in [0.2, 0.25) is 0 Å². The van der Waals surface area contributed by atoms with Crippen molar-refractivity contribution in [1.82, 2.24) is 19.6 Å². The highest BCUT2D eigenvalue weighted by Crippen LogP contribution is 2.31. The maximum atomic E-state index is 10.9. The van der Waals surface area contributed by atoms with Gasteiger partial charge in [0, 0.05) is 28.8 Å². The minimum atomic E-state index is 0.229. The molecule has 2 aromatic heterocycles. The van der Waals surface area contributed by atoms with E-state index in [1.807, 2.05) is 48.7 Å². The number of hydrogen-bond donors (Lipinski definition) is 0. The number of fused-ring (bicyclic) bond motifs is 1. The molecule has 2 aromatic carbocycles. The second-order valence-corrected chi connectivity index (χ2v) is 6.48. The molecule has 128 valence electrons. The normalized spacial score (nSPS) is 11.2. The van der Waals surface area contributed by atoms with Crippen molar-refractivity contribution in [2.75, 3.05) is 0 Å². The summed E-state index contributed by atoms with van der Waals surface area (Å²) in [4.78, 5) is 20.3. The monoisotopic (exact) mass is 342 g/mol. The molecule has 0 aliphatic heterocycles. The van der Waals surface area contributed by atoms with Crippen molar-refractivity contribution in [1.29, 1.82) is 0 Å². The van der Waals surface area contributed by atoms with Gasteiger partial charge >= 0.3 is 0 Å². The fraction of sp³-hybridized carbons (Fsp3) is 0.143. The molecule has 0 fully saturated rings. The number of benzene rings is 2. The van der Waals surface area contributed by atoms with E-state index in [-0.39, 0.29) is 5.92 Å². The van der Waals surface area contributed by atoms with Crippen molar-refractivity contribution in [2.45, 2.75) is 19.8 Å². The summed E-state index contributed by atoms with van der Waals surface area (Å²) in [6, 6.07) is 17.5. The molecule has 5 nitrogen and oxygen atoms in total. The Balaban J connectivity index is 1.96. The van der Waals surface area contributed by atoms with Crippen molar-refractivity contribution in [2.24, 2.45) is 0 Å². The zero-order valence-electron chi connectivity index (χ0n) is 14.6. The molecule has 0 saturated heterocycles. The van der Waals surface area contributed by atoms with E-state index in [2.05, 4.69) is 23.9 Å². The highest BCUT2D eigenvalue weighted by atomic mass is 16.1. The Morgan fingerprint density at radius 1 is 0.923 bits per heavy atom. The van der Waals surface area contributed by atoms with Gasteiger partial charge in [0.15, 0.2) is 5.82 Å². The first-order valence-electron chi connectivity index (χ1n) is 8.54. The van der Waals surface area contributed by atoms with Crippen LogP contribution in [-0.4, -0.2) is 25.9 Å². The van der Waals surface area contributed by atoms with Gasteiger partial charge in [-0.1, -0.05) is 68.4 Å². The third-order valence-electron chi connectivity index (χ3n) is 4.27. The summed E-state index contributed by atoms with van der Waals surface area (Å²) in [6.07, 6.45) is 2.81. The van der Waals surface area contributed by atoms with Gasteiger partial charge in [-0.2, -0.15) is 4.98 Å². The summed E-state index contributed by atoms with van der Waals surface area (Å²) in [5, 5.41) is 4.56. The first-order chi connectivity index (χ1) is 12.7.